The van der Waals surface area contributed by atoms with Gasteiger partial charge in [-0.15, -0.1) is 0 Å². The van der Waals surface area contributed by atoms with Crippen LogP contribution in [0.5, 0.6) is 0 Å². The van der Waals surface area contributed by atoms with Gasteiger partial charge in [-0.1, -0.05) is 13.0 Å². The van der Waals surface area contributed by atoms with Crippen molar-refractivity contribution in [3.8, 4) is 0 Å². The molecule has 1 atom stereocenters. The minimum atomic E-state index is -0.0685. The lowest BCUT2D eigenvalue weighted by molar-refractivity contribution is -0.122. The molecule has 0 saturated carbocycles. The number of ether oxygens (including phenoxy) is 1. The van der Waals surface area contributed by atoms with Crippen LogP contribution in [0.1, 0.15) is 27.7 Å². The number of hydrogen-bond acceptors (Lipinski definition) is 3. The highest BCUT2D eigenvalue weighted by Gasteiger charge is 2.06. The van der Waals surface area contributed by atoms with Crippen molar-refractivity contribution in [2.24, 2.45) is 5.92 Å². The smallest absolute Gasteiger partial charge is 0.155 e. The quantitative estimate of drug-likeness (QED) is 0.482. The molecule has 0 N–H and O–H groups in total. The van der Waals surface area contributed by atoms with Gasteiger partial charge < -0.3 is 4.74 Å². The van der Waals surface area contributed by atoms with Gasteiger partial charge in [-0.2, -0.15) is 0 Å². The van der Waals surface area contributed by atoms with E-state index in [1.54, 1.807) is 19.9 Å². The molecule has 0 bridgehead atoms. The molecule has 0 aliphatic carbocycles. The van der Waals surface area contributed by atoms with Gasteiger partial charge in [-0.25, -0.2) is 0 Å². The first kappa shape index (κ1) is 13.0. The SMILES string of the molecule is CC(=O)/C(C)=C/COCC(C)C(C)=O. The standard InChI is InChI=1S/C11H18O3/c1-8(10(3)12)5-6-14-7-9(2)11(4)13/h5,9H,6-7H2,1-4H3/b8-5+. The third-order valence-electron chi connectivity index (χ3n) is 2.12. The van der Waals surface area contributed by atoms with Crippen LogP contribution in [0.2, 0.25) is 0 Å². The van der Waals surface area contributed by atoms with Crippen LogP contribution in [0.4, 0.5) is 0 Å². The summed E-state index contributed by atoms with van der Waals surface area (Å²) in [6.45, 7) is 7.44. The van der Waals surface area contributed by atoms with Crippen LogP contribution in [-0.2, 0) is 14.3 Å². The van der Waals surface area contributed by atoms with Crippen LogP contribution >= 0.6 is 0 Å². The molecular formula is C11H18O3. The van der Waals surface area contributed by atoms with E-state index in [9.17, 15) is 9.59 Å². The zero-order valence-electron chi connectivity index (χ0n) is 9.29. The molecule has 0 aromatic heterocycles. The number of carbonyl (C=O) groups is 2. The summed E-state index contributed by atoms with van der Waals surface area (Å²) in [5, 5.41) is 0. The Morgan fingerprint density at radius 2 is 1.86 bits per heavy atom. The van der Waals surface area contributed by atoms with Gasteiger partial charge in [0, 0.05) is 5.92 Å². The summed E-state index contributed by atoms with van der Waals surface area (Å²) in [5.41, 5.74) is 0.695. The third kappa shape index (κ3) is 5.65. The Labute approximate surface area is 85.1 Å². The summed E-state index contributed by atoms with van der Waals surface area (Å²) in [5.74, 6) is 0.103. The molecule has 3 nitrogen and oxygen atoms in total. The number of hydrogen-bond donors (Lipinski definition) is 0. The fourth-order valence-electron chi connectivity index (χ4n) is 0.690. The Morgan fingerprint density at radius 3 is 2.29 bits per heavy atom. The van der Waals surface area contributed by atoms with Crippen molar-refractivity contribution in [1.82, 2.24) is 0 Å². The summed E-state index contributed by atoms with van der Waals surface area (Å²) in [7, 11) is 0. The Balaban J connectivity index is 3.71. The molecule has 0 aromatic carbocycles. The Bertz CT molecular complexity index is 241. The lowest BCUT2D eigenvalue weighted by atomic mass is 10.1. The molecule has 0 heterocycles. The maximum Gasteiger partial charge on any atom is 0.155 e. The van der Waals surface area contributed by atoms with Gasteiger partial charge in [0.15, 0.2) is 5.78 Å². The molecule has 0 aliphatic heterocycles. The van der Waals surface area contributed by atoms with Crippen molar-refractivity contribution < 1.29 is 14.3 Å². The summed E-state index contributed by atoms with van der Waals surface area (Å²) in [6.07, 6.45) is 1.73. The average Bonchev–Trinajstić information content (AvgIpc) is 2.11. The molecule has 0 amide bonds. The van der Waals surface area contributed by atoms with E-state index in [4.69, 9.17) is 4.74 Å². The lowest BCUT2D eigenvalue weighted by Gasteiger charge is -2.06. The minimum Gasteiger partial charge on any atom is -0.377 e. The van der Waals surface area contributed by atoms with Crippen molar-refractivity contribution in [3.05, 3.63) is 11.6 Å². The highest BCUT2D eigenvalue weighted by molar-refractivity contribution is 5.92. The van der Waals surface area contributed by atoms with Gasteiger partial charge in [-0.05, 0) is 26.3 Å². The summed E-state index contributed by atoms with van der Waals surface area (Å²) < 4.78 is 5.23. The molecule has 0 aromatic rings. The fourth-order valence-corrected chi connectivity index (χ4v) is 0.690. The predicted octanol–water partition coefficient (Wildman–Crippen LogP) is 1.76. The van der Waals surface area contributed by atoms with E-state index >= 15 is 0 Å². The van der Waals surface area contributed by atoms with E-state index in [1.807, 2.05) is 6.92 Å². The first-order valence-corrected chi connectivity index (χ1v) is 4.71. The van der Waals surface area contributed by atoms with Crippen molar-refractivity contribution in [2.45, 2.75) is 27.7 Å². The number of rotatable bonds is 6. The van der Waals surface area contributed by atoms with E-state index in [-0.39, 0.29) is 17.5 Å². The van der Waals surface area contributed by atoms with Crippen LogP contribution in [-0.4, -0.2) is 24.8 Å². The Morgan fingerprint density at radius 1 is 1.29 bits per heavy atom. The second-order valence-electron chi connectivity index (χ2n) is 3.49. The van der Waals surface area contributed by atoms with Gasteiger partial charge >= 0.3 is 0 Å². The van der Waals surface area contributed by atoms with E-state index in [2.05, 4.69) is 0 Å². The van der Waals surface area contributed by atoms with Crippen LogP contribution in [0.15, 0.2) is 11.6 Å². The summed E-state index contributed by atoms with van der Waals surface area (Å²) in [4.78, 5) is 21.6. The summed E-state index contributed by atoms with van der Waals surface area (Å²) in [6, 6.07) is 0. The van der Waals surface area contributed by atoms with E-state index in [0.29, 0.717) is 18.8 Å². The van der Waals surface area contributed by atoms with Crippen molar-refractivity contribution >= 4 is 11.6 Å². The van der Waals surface area contributed by atoms with Crippen LogP contribution in [0, 0.1) is 5.92 Å². The molecule has 0 radical (unpaired) electrons. The van der Waals surface area contributed by atoms with Crippen LogP contribution < -0.4 is 0 Å². The molecule has 3 heteroatoms. The molecule has 0 aliphatic rings. The van der Waals surface area contributed by atoms with E-state index < -0.39 is 0 Å². The maximum absolute atomic E-state index is 10.8. The fraction of sp³-hybridized carbons (Fsp3) is 0.636. The Kier molecular flexibility index (Phi) is 6.04. The summed E-state index contributed by atoms with van der Waals surface area (Å²) >= 11 is 0. The number of carbonyl (C=O) groups excluding carboxylic acids is 2. The van der Waals surface area contributed by atoms with Gasteiger partial charge in [0.2, 0.25) is 0 Å². The van der Waals surface area contributed by atoms with Crippen molar-refractivity contribution in [2.75, 3.05) is 13.2 Å². The molecular weight excluding hydrogens is 180 g/mol. The van der Waals surface area contributed by atoms with E-state index in [1.165, 1.54) is 6.92 Å². The number of allylic oxidation sites excluding steroid dienone is 1. The number of ketones is 2. The van der Waals surface area contributed by atoms with Gasteiger partial charge in [0.25, 0.3) is 0 Å². The van der Waals surface area contributed by atoms with Gasteiger partial charge in [0.1, 0.15) is 5.78 Å². The number of Topliss-reactive ketones (excluding diaryl/α,β-unsaturated/α-hetero) is 2. The second kappa shape index (κ2) is 6.49. The Hall–Kier alpha value is -0.960. The van der Waals surface area contributed by atoms with Gasteiger partial charge in [-0.3, -0.25) is 9.59 Å². The molecule has 14 heavy (non-hydrogen) atoms. The highest BCUT2D eigenvalue weighted by Crippen LogP contribution is 1.98. The molecule has 0 spiro atoms. The first-order chi connectivity index (χ1) is 6.45. The lowest BCUT2D eigenvalue weighted by Crippen LogP contribution is -2.14. The predicted molar refractivity (Wildman–Crippen MR) is 55.1 cm³/mol. The van der Waals surface area contributed by atoms with Crippen molar-refractivity contribution in [3.63, 3.8) is 0 Å². The average molecular weight is 198 g/mol. The molecule has 0 rings (SSSR count). The first-order valence-electron chi connectivity index (χ1n) is 4.71. The normalized spacial score (nSPS) is 13.9. The third-order valence-corrected chi connectivity index (χ3v) is 2.12. The highest BCUT2D eigenvalue weighted by atomic mass is 16.5. The topological polar surface area (TPSA) is 43.4 Å². The zero-order valence-corrected chi connectivity index (χ0v) is 9.29. The largest absolute Gasteiger partial charge is 0.377 e. The molecule has 80 valence electrons. The molecule has 0 saturated heterocycles. The second-order valence-corrected chi connectivity index (χ2v) is 3.49. The van der Waals surface area contributed by atoms with Crippen molar-refractivity contribution in [1.29, 1.82) is 0 Å². The van der Waals surface area contributed by atoms with Crippen LogP contribution in [0.25, 0.3) is 0 Å². The molecule has 0 fully saturated rings. The monoisotopic (exact) mass is 198 g/mol. The molecule has 1 unspecified atom stereocenters. The van der Waals surface area contributed by atoms with E-state index in [0.717, 1.165) is 0 Å². The van der Waals surface area contributed by atoms with Crippen LogP contribution in [0.3, 0.4) is 0 Å². The zero-order chi connectivity index (χ0) is 11.1. The maximum atomic E-state index is 10.8. The minimum absolute atomic E-state index is 0.0493. The van der Waals surface area contributed by atoms with Gasteiger partial charge in [0.05, 0.1) is 13.2 Å².